The average Bonchev–Trinajstić information content (AvgIpc) is 3.57. The van der Waals surface area contributed by atoms with Crippen molar-refractivity contribution in [3.8, 4) is 0 Å². The molecule has 2 N–H and O–H groups in total. The summed E-state index contributed by atoms with van der Waals surface area (Å²) in [6, 6.07) is 0.564. The Kier molecular flexibility index (Phi) is 13.8. The largest absolute Gasteiger partial charge is 0.534 e. The fraction of sp³-hybridized carbons (Fsp3) is 0.800. The van der Waals surface area contributed by atoms with Crippen molar-refractivity contribution in [3.05, 3.63) is 0 Å². The lowest BCUT2D eigenvalue weighted by atomic mass is 10.0. The maximum atomic E-state index is 12.0. The Morgan fingerprint density at radius 2 is 1.60 bits per heavy atom. The number of hydrogen-bond acceptors (Lipinski definition) is 11. The molecule has 0 aromatic carbocycles. The van der Waals surface area contributed by atoms with E-state index in [9.17, 15) is 24.0 Å². The van der Waals surface area contributed by atoms with Gasteiger partial charge in [-0.25, -0.2) is 9.59 Å². The van der Waals surface area contributed by atoms with E-state index in [0.717, 1.165) is 31.6 Å². The Bertz CT molecular complexity index is 863. The molecular weight excluding hydrogens is 548 g/mol. The number of ether oxygens (including phenoxy) is 4. The van der Waals surface area contributed by atoms with E-state index in [-0.39, 0.29) is 56.7 Å². The highest BCUT2D eigenvalue weighted by atomic mass is 32.2. The van der Waals surface area contributed by atoms with Gasteiger partial charge in [0.15, 0.2) is 0 Å². The molecule has 0 aromatic rings. The Morgan fingerprint density at radius 1 is 0.950 bits per heavy atom. The second kappa shape index (κ2) is 17.3. The van der Waals surface area contributed by atoms with E-state index >= 15 is 0 Å². The minimum absolute atomic E-state index is 0.0112. The van der Waals surface area contributed by atoms with Crippen molar-refractivity contribution in [2.45, 2.75) is 62.8 Å². The predicted molar refractivity (Wildman–Crippen MR) is 142 cm³/mol. The van der Waals surface area contributed by atoms with Crippen LogP contribution in [-0.4, -0.2) is 122 Å². The number of urea groups is 1. The van der Waals surface area contributed by atoms with Crippen molar-refractivity contribution in [1.29, 1.82) is 0 Å². The minimum atomic E-state index is -1.14. The molecule has 3 saturated heterocycles. The van der Waals surface area contributed by atoms with Gasteiger partial charge in [-0.05, 0) is 19.8 Å². The fourth-order valence-corrected chi connectivity index (χ4v) is 6.28. The molecule has 0 aromatic heterocycles. The molecule has 3 heterocycles. The minimum Gasteiger partial charge on any atom is -0.430 e. The molecule has 14 nitrogen and oxygen atoms in total. The zero-order valence-corrected chi connectivity index (χ0v) is 23.7. The van der Waals surface area contributed by atoms with Crippen LogP contribution < -0.4 is 10.6 Å². The number of carbonyl (C=O) groups excluding carboxylic acids is 5. The van der Waals surface area contributed by atoms with Gasteiger partial charge in [0.05, 0.1) is 51.7 Å². The lowest BCUT2D eigenvalue weighted by molar-refractivity contribution is -0.177. The van der Waals surface area contributed by atoms with Gasteiger partial charge in [-0.15, -0.1) is 0 Å². The second-order valence-corrected chi connectivity index (χ2v) is 10.7. The number of unbranched alkanes of at least 4 members (excludes halogenated alkanes) is 1. The first-order chi connectivity index (χ1) is 19.4. The molecule has 3 rings (SSSR count). The topological polar surface area (TPSA) is 162 Å². The van der Waals surface area contributed by atoms with Crippen molar-refractivity contribution in [1.82, 2.24) is 20.6 Å². The van der Waals surface area contributed by atoms with Crippen LogP contribution in [0.3, 0.4) is 0 Å². The number of nitrogens with one attached hydrogen (secondary N) is 2. The Labute approximate surface area is 238 Å². The second-order valence-electron chi connectivity index (χ2n) is 9.41. The molecular formula is C25H40N4O10S. The molecule has 3 fully saturated rings. The van der Waals surface area contributed by atoms with Gasteiger partial charge in [-0.2, -0.15) is 11.8 Å². The van der Waals surface area contributed by atoms with Crippen LogP contribution in [-0.2, 0) is 38.2 Å². The average molecular weight is 589 g/mol. The van der Waals surface area contributed by atoms with Gasteiger partial charge in [0.25, 0.3) is 11.8 Å². The van der Waals surface area contributed by atoms with Gasteiger partial charge in [0, 0.05) is 43.4 Å². The fourth-order valence-electron chi connectivity index (χ4n) is 4.68. The van der Waals surface area contributed by atoms with E-state index in [4.69, 9.17) is 18.9 Å². The van der Waals surface area contributed by atoms with Crippen molar-refractivity contribution in [2.75, 3.05) is 65.1 Å². The number of thioether (sulfide) groups is 1. The van der Waals surface area contributed by atoms with Crippen molar-refractivity contribution in [3.63, 3.8) is 0 Å². The smallest absolute Gasteiger partial charge is 0.430 e. The quantitative estimate of drug-likeness (QED) is 0.0951. The zero-order valence-electron chi connectivity index (χ0n) is 22.9. The number of fused-ring (bicyclic) bond motifs is 1. The molecule has 3 aliphatic rings. The van der Waals surface area contributed by atoms with Crippen LogP contribution in [0.4, 0.5) is 9.59 Å². The third-order valence-electron chi connectivity index (χ3n) is 6.63. The number of hydrogen-bond donors (Lipinski definition) is 2. The molecule has 15 heteroatoms. The molecule has 0 radical (unpaired) electrons. The van der Waals surface area contributed by atoms with Crippen LogP contribution in [0.1, 0.15) is 45.4 Å². The summed E-state index contributed by atoms with van der Waals surface area (Å²) in [5, 5.41) is 6.78. The van der Waals surface area contributed by atoms with Gasteiger partial charge < -0.3 is 34.5 Å². The summed E-state index contributed by atoms with van der Waals surface area (Å²) in [6.45, 7) is 4.93. The van der Waals surface area contributed by atoms with Gasteiger partial charge in [0.2, 0.25) is 5.91 Å². The van der Waals surface area contributed by atoms with Crippen LogP contribution in [0.15, 0.2) is 0 Å². The highest BCUT2D eigenvalue weighted by Crippen LogP contribution is 2.37. The molecule has 0 unspecified atom stereocenters. The SMILES string of the molecule is CCN1C(=O)N[C@H]2CS[C@@H](CCCCC(=O)NCCOCCOCCOCCOC(=O)ON3C(=O)CCC3=O)[C@H]21. The van der Waals surface area contributed by atoms with Gasteiger partial charge in [-0.1, -0.05) is 11.5 Å². The third kappa shape index (κ3) is 10.1. The highest BCUT2D eigenvalue weighted by Gasteiger charge is 2.47. The van der Waals surface area contributed by atoms with E-state index in [0.29, 0.717) is 49.7 Å². The number of nitrogens with zero attached hydrogens (tertiary/aromatic N) is 2. The van der Waals surface area contributed by atoms with E-state index in [1.165, 1.54) is 0 Å². The molecule has 3 atom stereocenters. The third-order valence-corrected chi connectivity index (χ3v) is 8.12. The number of carbonyl (C=O) groups is 5. The number of amides is 5. The van der Waals surface area contributed by atoms with Crippen LogP contribution in [0.25, 0.3) is 0 Å². The predicted octanol–water partition coefficient (Wildman–Crippen LogP) is 0.828. The molecule has 3 aliphatic heterocycles. The van der Waals surface area contributed by atoms with E-state index in [2.05, 4.69) is 15.5 Å². The van der Waals surface area contributed by atoms with Gasteiger partial charge in [-0.3, -0.25) is 19.2 Å². The summed E-state index contributed by atoms with van der Waals surface area (Å²) in [5.74, 6) is -0.179. The van der Waals surface area contributed by atoms with Crippen LogP contribution in [0, 0.1) is 0 Å². The molecule has 0 bridgehead atoms. The molecule has 40 heavy (non-hydrogen) atoms. The molecule has 0 spiro atoms. The number of rotatable bonds is 19. The van der Waals surface area contributed by atoms with Crippen LogP contribution >= 0.6 is 11.8 Å². The molecule has 5 amide bonds. The summed E-state index contributed by atoms with van der Waals surface area (Å²) >= 11 is 1.92. The van der Waals surface area contributed by atoms with Crippen molar-refractivity contribution < 1.29 is 47.8 Å². The lowest BCUT2D eigenvalue weighted by Crippen LogP contribution is -2.40. The summed E-state index contributed by atoms with van der Waals surface area (Å²) in [4.78, 5) is 64.7. The molecule has 0 saturated carbocycles. The number of likely N-dealkylation sites (N-methyl/N-ethyl adjacent to an activating group) is 1. The molecule has 226 valence electrons. The maximum Gasteiger partial charge on any atom is 0.534 e. The van der Waals surface area contributed by atoms with Crippen molar-refractivity contribution >= 4 is 41.7 Å². The Balaban J connectivity index is 1.05. The van der Waals surface area contributed by atoms with Crippen LogP contribution in [0.5, 0.6) is 0 Å². The lowest BCUT2D eigenvalue weighted by Gasteiger charge is -2.26. The van der Waals surface area contributed by atoms with Gasteiger partial charge in [0.1, 0.15) is 6.61 Å². The standard InChI is InChI=1S/C25H40N4O10S/c1-2-28-23-18(27-24(28)33)17-40-19(23)5-3-4-6-20(30)26-9-10-35-11-12-36-13-14-37-15-16-38-25(34)39-29-21(31)7-8-22(29)32/h18-19,23H,2-17H2,1H3,(H,26,30)(H,27,33)/t18-,19-,23-/m0/s1. The first-order valence-electron chi connectivity index (χ1n) is 13.8. The van der Waals surface area contributed by atoms with E-state index in [1.807, 2.05) is 23.6 Å². The molecule has 0 aliphatic carbocycles. The highest BCUT2D eigenvalue weighted by molar-refractivity contribution is 8.00. The van der Waals surface area contributed by atoms with Crippen LogP contribution in [0.2, 0.25) is 0 Å². The first kappa shape index (κ1) is 31.9. The van der Waals surface area contributed by atoms with E-state index < -0.39 is 18.0 Å². The van der Waals surface area contributed by atoms with Gasteiger partial charge >= 0.3 is 12.2 Å². The summed E-state index contributed by atoms with van der Waals surface area (Å²) < 4.78 is 20.8. The monoisotopic (exact) mass is 588 g/mol. The normalized spacial score (nSPS) is 22.0. The summed E-state index contributed by atoms with van der Waals surface area (Å²) in [7, 11) is 0. The summed E-state index contributed by atoms with van der Waals surface area (Å²) in [5.41, 5.74) is 0. The van der Waals surface area contributed by atoms with Crippen molar-refractivity contribution in [2.24, 2.45) is 0 Å². The van der Waals surface area contributed by atoms with E-state index in [1.54, 1.807) is 0 Å². The zero-order chi connectivity index (χ0) is 28.7. The number of imide groups is 1. The Hall–Kier alpha value is -2.62. The Morgan fingerprint density at radius 3 is 2.27 bits per heavy atom. The summed E-state index contributed by atoms with van der Waals surface area (Å²) in [6.07, 6.45) is 2.15. The first-order valence-corrected chi connectivity index (χ1v) is 14.8. The maximum absolute atomic E-state index is 12.0. The number of hydroxylamine groups is 2.